The van der Waals surface area contributed by atoms with Crippen molar-refractivity contribution in [2.45, 2.75) is 19.8 Å². The highest BCUT2D eigenvalue weighted by atomic mass is 32.2. The molecule has 0 aliphatic rings. The Kier molecular flexibility index (Phi) is 7.52. The standard InChI is InChI=1S/C24H28N2O4S/c1-3-7-19-12-14-21(15-13-19)30-17-16-25-24(27)18-26(31(2,28)29)23-11-6-9-20-8-4-5-10-22(20)23/h4-6,8-15H,3,7,16-18H2,1-2H3,(H,25,27). The van der Waals surface area contributed by atoms with Crippen LogP contribution in [-0.4, -0.2) is 40.3 Å². The number of nitrogens with zero attached hydrogens (tertiary/aromatic N) is 1. The van der Waals surface area contributed by atoms with E-state index in [9.17, 15) is 13.2 Å². The molecule has 6 nitrogen and oxygen atoms in total. The van der Waals surface area contributed by atoms with Crippen LogP contribution in [0.5, 0.6) is 5.75 Å². The highest BCUT2D eigenvalue weighted by Crippen LogP contribution is 2.28. The molecule has 0 saturated heterocycles. The molecule has 0 spiro atoms. The van der Waals surface area contributed by atoms with E-state index in [0.29, 0.717) is 12.3 Å². The van der Waals surface area contributed by atoms with Gasteiger partial charge in [-0.25, -0.2) is 8.42 Å². The van der Waals surface area contributed by atoms with E-state index >= 15 is 0 Å². The Bertz CT molecular complexity index is 1120. The largest absolute Gasteiger partial charge is 0.492 e. The van der Waals surface area contributed by atoms with Crippen molar-refractivity contribution in [1.29, 1.82) is 0 Å². The molecule has 1 amide bonds. The minimum absolute atomic E-state index is 0.280. The van der Waals surface area contributed by atoms with Crippen LogP contribution >= 0.6 is 0 Å². The number of nitrogens with one attached hydrogen (secondary N) is 1. The number of sulfonamides is 1. The van der Waals surface area contributed by atoms with E-state index in [1.165, 1.54) is 5.56 Å². The number of carbonyl (C=O) groups is 1. The Morgan fingerprint density at radius 1 is 1.00 bits per heavy atom. The summed E-state index contributed by atoms with van der Waals surface area (Å²) in [6.07, 6.45) is 3.23. The van der Waals surface area contributed by atoms with Gasteiger partial charge in [0.15, 0.2) is 0 Å². The molecule has 0 atom stereocenters. The SMILES string of the molecule is CCCc1ccc(OCCNC(=O)CN(c2cccc3ccccc23)S(C)(=O)=O)cc1. The van der Waals surface area contributed by atoms with Gasteiger partial charge in [-0.15, -0.1) is 0 Å². The van der Waals surface area contributed by atoms with Gasteiger partial charge in [0.25, 0.3) is 0 Å². The summed E-state index contributed by atoms with van der Waals surface area (Å²) in [6, 6.07) is 20.8. The molecule has 3 aromatic carbocycles. The molecule has 3 rings (SSSR count). The lowest BCUT2D eigenvalue weighted by molar-refractivity contribution is -0.119. The Hall–Kier alpha value is -3.06. The molecule has 7 heteroatoms. The first-order chi connectivity index (χ1) is 14.9. The zero-order chi connectivity index (χ0) is 22.3. The molecule has 0 unspecified atom stereocenters. The van der Waals surface area contributed by atoms with Crippen molar-refractivity contribution in [2.24, 2.45) is 0 Å². The molecule has 1 N–H and O–H groups in total. The van der Waals surface area contributed by atoms with Gasteiger partial charge in [-0.1, -0.05) is 61.9 Å². The summed E-state index contributed by atoms with van der Waals surface area (Å²) in [6.45, 7) is 2.42. The Labute approximate surface area is 183 Å². The predicted molar refractivity (Wildman–Crippen MR) is 125 cm³/mol. The van der Waals surface area contributed by atoms with Gasteiger partial charge in [-0.2, -0.15) is 0 Å². The minimum atomic E-state index is -3.65. The first-order valence-corrected chi connectivity index (χ1v) is 12.2. The molecule has 0 bridgehead atoms. The van der Waals surface area contributed by atoms with Crippen LogP contribution in [0.3, 0.4) is 0 Å². The summed E-state index contributed by atoms with van der Waals surface area (Å²) >= 11 is 0. The Morgan fingerprint density at radius 3 is 2.42 bits per heavy atom. The van der Waals surface area contributed by atoms with E-state index in [1.54, 1.807) is 12.1 Å². The maximum absolute atomic E-state index is 12.5. The lowest BCUT2D eigenvalue weighted by atomic mass is 10.1. The molecule has 0 fully saturated rings. The molecule has 31 heavy (non-hydrogen) atoms. The van der Waals surface area contributed by atoms with Crippen LogP contribution in [0, 0.1) is 0 Å². The number of amides is 1. The van der Waals surface area contributed by atoms with E-state index in [4.69, 9.17) is 4.74 Å². The number of benzene rings is 3. The first-order valence-electron chi connectivity index (χ1n) is 10.3. The van der Waals surface area contributed by atoms with E-state index in [-0.39, 0.29) is 19.0 Å². The minimum Gasteiger partial charge on any atom is -0.492 e. The maximum atomic E-state index is 12.5. The third-order valence-electron chi connectivity index (χ3n) is 4.88. The lowest BCUT2D eigenvalue weighted by Crippen LogP contribution is -2.41. The van der Waals surface area contributed by atoms with Crippen LogP contribution in [-0.2, 0) is 21.2 Å². The van der Waals surface area contributed by atoms with Crippen molar-refractivity contribution in [3.8, 4) is 5.75 Å². The van der Waals surface area contributed by atoms with E-state index in [2.05, 4.69) is 12.2 Å². The smallest absolute Gasteiger partial charge is 0.240 e. The number of carbonyl (C=O) groups excluding carboxylic acids is 1. The number of anilines is 1. The second kappa shape index (κ2) is 10.3. The average Bonchev–Trinajstić information content (AvgIpc) is 2.75. The van der Waals surface area contributed by atoms with Gasteiger partial charge in [0, 0.05) is 5.39 Å². The third kappa shape index (κ3) is 6.21. The highest BCUT2D eigenvalue weighted by molar-refractivity contribution is 7.92. The van der Waals surface area contributed by atoms with Crippen molar-refractivity contribution in [1.82, 2.24) is 5.32 Å². The van der Waals surface area contributed by atoms with Crippen molar-refractivity contribution < 1.29 is 17.9 Å². The van der Waals surface area contributed by atoms with Gasteiger partial charge in [0.1, 0.15) is 18.9 Å². The fraction of sp³-hybridized carbons (Fsp3) is 0.292. The quantitative estimate of drug-likeness (QED) is 0.487. The first kappa shape index (κ1) is 22.6. The second-order valence-electron chi connectivity index (χ2n) is 7.36. The summed E-state index contributed by atoms with van der Waals surface area (Å²) in [5.74, 6) is 0.350. The molecule has 0 saturated carbocycles. The number of ether oxygens (including phenoxy) is 1. The summed E-state index contributed by atoms with van der Waals surface area (Å²) < 4.78 is 31.6. The van der Waals surface area contributed by atoms with Crippen molar-refractivity contribution in [3.05, 3.63) is 72.3 Å². The van der Waals surface area contributed by atoms with Crippen LogP contribution < -0.4 is 14.4 Å². The second-order valence-corrected chi connectivity index (χ2v) is 9.27. The highest BCUT2D eigenvalue weighted by Gasteiger charge is 2.22. The van der Waals surface area contributed by atoms with Crippen LogP contribution in [0.25, 0.3) is 10.8 Å². The van der Waals surface area contributed by atoms with Gasteiger partial charge in [0.2, 0.25) is 15.9 Å². The van der Waals surface area contributed by atoms with E-state index in [1.807, 2.05) is 54.6 Å². The van der Waals surface area contributed by atoms with E-state index < -0.39 is 10.0 Å². The molecule has 0 aromatic heterocycles. The monoisotopic (exact) mass is 440 g/mol. The molecule has 3 aromatic rings. The molecule has 0 aliphatic carbocycles. The van der Waals surface area contributed by atoms with Crippen LogP contribution in [0.1, 0.15) is 18.9 Å². The number of aryl methyl sites for hydroxylation is 1. The molecule has 0 radical (unpaired) electrons. The third-order valence-corrected chi connectivity index (χ3v) is 6.00. The van der Waals surface area contributed by atoms with Gasteiger partial charge in [-0.05, 0) is 35.6 Å². The van der Waals surface area contributed by atoms with Crippen LogP contribution in [0.2, 0.25) is 0 Å². The van der Waals surface area contributed by atoms with Crippen molar-refractivity contribution in [2.75, 3.05) is 30.3 Å². The van der Waals surface area contributed by atoms with Gasteiger partial charge in [-0.3, -0.25) is 9.10 Å². The lowest BCUT2D eigenvalue weighted by Gasteiger charge is -2.23. The molecule has 0 aliphatic heterocycles. The number of hydrogen-bond donors (Lipinski definition) is 1. The number of fused-ring (bicyclic) bond motifs is 1. The predicted octanol–water partition coefficient (Wildman–Crippen LogP) is 3.75. The summed E-state index contributed by atoms with van der Waals surface area (Å²) in [7, 11) is -3.65. The molecular weight excluding hydrogens is 412 g/mol. The average molecular weight is 441 g/mol. The fourth-order valence-electron chi connectivity index (χ4n) is 3.39. The van der Waals surface area contributed by atoms with Crippen LogP contribution in [0.15, 0.2) is 66.7 Å². The van der Waals surface area contributed by atoms with E-state index in [0.717, 1.165) is 39.9 Å². The van der Waals surface area contributed by atoms with Gasteiger partial charge < -0.3 is 10.1 Å². The maximum Gasteiger partial charge on any atom is 0.240 e. The normalized spacial score (nSPS) is 11.3. The molecular formula is C24H28N2O4S. The molecule has 164 valence electrons. The Morgan fingerprint density at radius 2 is 1.71 bits per heavy atom. The summed E-state index contributed by atoms with van der Waals surface area (Å²) in [4.78, 5) is 12.5. The summed E-state index contributed by atoms with van der Waals surface area (Å²) in [5.41, 5.74) is 1.75. The van der Waals surface area contributed by atoms with Crippen molar-refractivity contribution in [3.63, 3.8) is 0 Å². The fourth-order valence-corrected chi connectivity index (χ4v) is 4.26. The summed E-state index contributed by atoms with van der Waals surface area (Å²) in [5, 5.41) is 4.42. The topological polar surface area (TPSA) is 75.7 Å². The van der Waals surface area contributed by atoms with Gasteiger partial charge >= 0.3 is 0 Å². The zero-order valence-corrected chi connectivity index (χ0v) is 18.7. The number of hydrogen-bond acceptors (Lipinski definition) is 4. The Balaban J connectivity index is 1.59. The van der Waals surface area contributed by atoms with Crippen LogP contribution in [0.4, 0.5) is 5.69 Å². The number of rotatable bonds is 10. The zero-order valence-electron chi connectivity index (χ0n) is 17.9. The van der Waals surface area contributed by atoms with Crippen molar-refractivity contribution >= 4 is 32.4 Å². The molecule has 0 heterocycles. The van der Waals surface area contributed by atoms with Gasteiger partial charge in [0.05, 0.1) is 18.5 Å².